The molecule has 1 atom stereocenters. The smallest absolute Gasteiger partial charge is 0.123 e. The van der Waals surface area contributed by atoms with Crippen molar-refractivity contribution in [3.8, 4) is 5.75 Å². The van der Waals surface area contributed by atoms with Crippen LogP contribution in [0.3, 0.4) is 0 Å². The molecule has 2 rings (SSSR count). The molecule has 0 aromatic heterocycles. The number of aryl methyl sites for hydroxylation is 2. The van der Waals surface area contributed by atoms with E-state index in [0.29, 0.717) is 6.61 Å². The van der Waals surface area contributed by atoms with Crippen LogP contribution < -0.4 is 4.74 Å². The summed E-state index contributed by atoms with van der Waals surface area (Å²) in [5.41, 5.74) is 4.53. The Morgan fingerprint density at radius 1 is 1.05 bits per heavy atom. The van der Waals surface area contributed by atoms with E-state index in [1.807, 2.05) is 26.0 Å². The van der Waals surface area contributed by atoms with E-state index in [-0.39, 0.29) is 4.83 Å². The van der Waals surface area contributed by atoms with Crippen molar-refractivity contribution in [2.24, 2.45) is 0 Å². The molecule has 0 fully saturated rings. The maximum Gasteiger partial charge on any atom is 0.123 e. The fourth-order valence-corrected chi connectivity index (χ4v) is 3.39. The fourth-order valence-electron chi connectivity index (χ4n) is 2.16. The van der Waals surface area contributed by atoms with Gasteiger partial charge in [-0.05, 0) is 44.0 Å². The van der Waals surface area contributed by atoms with E-state index in [1.165, 1.54) is 5.56 Å². The number of halogens is 2. The third kappa shape index (κ3) is 3.36. The van der Waals surface area contributed by atoms with Crippen LogP contribution in [-0.2, 0) is 0 Å². The number of ether oxygens (including phenoxy) is 1. The lowest BCUT2D eigenvalue weighted by Crippen LogP contribution is -2.01. The van der Waals surface area contributed by atoms with Crippen LogP contribution in [0.5, 0.6) is 5.75 Å². The van der Waals surface area contributed by atoms with E-state index in [0.717, 1.165) is 27.5 Å². The molecule has 20 heavy (non-hydrogen) atoms. The summed E-state index contributed by atoms with van der Waals surface area (Å²) in [5, 5.41) is 0.774. The Morgan fingerprint density at radius 3 is 2.35 bits per heavy atom. The Balaban J connectivity index is 2.46. The van der Waals surface area contributed by atoms with Gasteiger partial charge in [-0.15, -0.1) is 0 Å². The first-order valence-electron chi connectivity index (χ1n) is 6.66. The highest BCUT2D eigenvalue weighted by Crippen LogP contribution is 2.40. The van der Waals surface area contributed by atoms with Crippen molar-refractivity contribution in [3.63, 3.8) is 0 Å². The van der Waals surface area contributed by atoms with Gasteiger partial charge < -0.3 is 4.74 Å². The maximum atomic E-state index is 6.37. The van der Waals surface area contributed by atoms with Gasteiger partial charge in [0.15, 0.2) is 0 Å². The maximum absolute atomic E-state index is 6.37. The van der Waals surface area contributed by atoms with Crippen molar-refractivity contribution < 1.29 is 4.74 Å². The number of rotatable bonds is 4. The quantitative estimate of drug-likeness (QED) is 0.627. The second-order valence-electron chi connectivity index (χ2n) is 4.86. The third-order valence-corrected chi connectivity index (χ3v) is 4.48. The molecule has 0 N–H and O–H groups in total. The molecule has 2 aromatic rings. The molecular formula is C17H18BrClO. The highest BCUT2D eigenvalue weighted by atomic mass is 79.9. The normalized spacial score (nSPS) is 12.2. The summed E-state index contributed by atoms with van der Waals surface area (Å²) in [6.45, 7) is 6.76. The van der Waals surface area contributed by atoms with Crippen LogP contribution in [0.25, 0.3) is 0 Å². The summed E-state index contributed by atoms with van der Waals surface area (Å²) in [7, 11) is 0. The zero-order valence-corrected chi connectivity index (χ0v) is 14.3. The Labute approximate surface area is 134 Å². The summed E-state index contributed by atoms with van der Waals surface area (Å²) in [6.07, 6.45) is 0. The van der Waals surface area contributed by atoms with Crippen molar-refractivity contribution in [1.82, 2.24) is 0 Å². The molecule has 3 heteroatoms. The van der Waals surface area contributed by atoms with E-state index in [1.54, 1.807) is 0 Å². The first-order chi connectivity index (χ1) is 9.52. The molecule has 0 amide bonds. The molecule has 1 unspecified atom stereocenters. The van der Waals surface area contributed by atoms with Gasteiger partial charge in [0.25, 0.3) is 0 Å². The lowest BCUT2D eigenvalue weighted by molar-refractivity contribution is 0.337. The monoisotopic (exact) mass is 352 g/mol. The molecule has 0 heterocycles. The van der Waals surface area contributed by atoms with Crippen molar-refractivity contribution >= 4 is 27.5 Å². The van der Waals surface area contributed by atoms with Crippen LogP contribution >= 0.6 is 27.5 Å². The lowest BCUT2D eigenvalue weighted by atomic mass is 10.0. The van der Waals surface area contributed by atoms with Crippen LogP contribution in [0.15, 0.2) is 36.4 Å². The van der Waals surface area contributed by atoms with Crippen LogP contribution in [0, 0.1) is 13.8 Å². The molecule has 0 aliphatic carbocycles. The van der Waals surface area contributed by atoms with E-state index >= 15 is 0 Å². The molecule has 2 aromatic carbocycles. The van der Waals surface area contributed by atoms with E-state index in [4.69, 9.17) is 16.3 Å². The fraction of sp³-hybridized carbons (Fsp3) is 0.294. The van der Waals surface area contributed by atoms with Gasteiger partial charge in [-0.1, -0.05) is 57.4 Å². The lowest BCUT2D eigenvalue weighted by Gasteiger charge is -2.18. The van der Waals surface area contributed by atoms with Gasteiger partial charge in [0, 0.05) is 10.6 Å². The molecule has 0 spiro atoms. The summed E-state index contributed by atoms with van der Waals surface area (Å²) < 4.78 is 5.73. The summed E-state index contributed by atoms with van der Waals surface area (Å²) in [5.74, 6) is 0.900. The SMILES string of the molecule is CCOc1ccc(C)cc1C(Br)c1ccc(C)cc1Cl. The van der Waals surface area contributed by atoms with Crippen molar-refractivity contribution in [1.29, 1.82) is 0 Å². The Kier molecular flexibility index (Phi) is 5.11. The van der Waals surface area contributed by atoms with Gasteiger partial charge in [0.2, 0.25) is 0 Å². The molecule has 0 radical (unpaired) electrons. The first kappa shape index (κ1) is 15.4. The predicted octanol–water partition coefficient (Wildman–Crippen LogP) is 5.84. The molecular weight excluding hydrogens is 336 g/mol. The molecule has 0 saturated heterocycles. The summed E-state index contributed by atoms with van der Waals surface area (Å²) in [6, 6.07) is 12.3. The second kappa shape index (κ2) is 6.64. The molecule has 1 nitrogen and oxygen atoms in total. The van der Waals surface area contributed by atoms with E-state index in [9.17, 15) is 0 Å². The minimum Gasteiger partial charge on any atom is -0.494 e. The van der Waals surface area contributed by atoms with Gasteiger partial charge in [0.05, 0.1) is 11.4 Å². The molecule has 0 aliphatic heterocycles. The molecule has 0 saturated carbocycles. The Hall–Kier alpha value is -0.990. The average molecular weight is 354 g/mol. The van der Waals surface area contributed by atoms with Crippen molar-refractivity contribution in [3.05, 3.63) is 63.7 Å². The molecule has 0 aliphatic rings. The summed E-state index contributed by atoms with van der Waals surface area (Å²) in [4.78, 5) is 0.0250. The van der Waals surface area contributed by atoms with Gasteiger partial charge in [-0.2, -0.15) is 0 Å². The molecule has 0 bridgehead atoms. The molecule has 106 valence electrons. The van der Waals surface area contributed by atoms with Gasteiger partial charge in [0.1, 0.15) is 5.75 Å². The zero-order chi connectivity index (χ0) is 14.7. The van der Waals surface area contributed by atoms with Crippen LogP contribution in [0.1, 0.15) is 34.0 Å². The summed E-state index contributed by atoms with van der Waals surface area (Å²) >= 11 is 10.1. The average Bonchev–Trinajstić information content (AvgIpc) is 2.40. The topological polar surface area (TPSA) is 9.23 Å². The van der Waals surface area contributed by atoms with E-state index < -0.39 is 0 Å². The van der Waals surface area contributed by atoms with Gasteiger partial charge in [-0.3, -0.25) is 0 Å². The van der Waals surface area contributed by atoms with Crippen molar-refractivity contribution in [2.75, 3.05) is 6.61 Å². The number of alkyl halides is 1. The van der Waals surface area contributed by atoms with Crippen LogP contribution in [0.4, 0.5) is 0 Å². The first-order valence-corrected chi connectivity index (χ1v) is 7.95. The standard InChI is InChI=1S/C17H18BrClO/c1-4-20-16-8-6-11(2)9-14(16)17(18)13-7-5-12(3)10-15(13)19/h5-10,17H,4H2,1-3H3. The minimum atomic E-state index is 0.0250. The Morgan fingerprint density at radius 2 is 1.70 bits per heavy atom. The zero-order valence-electron chi connectivity index (χ0n) is 11.9. The van der Waals surface area contributed by atoms with Crippen LogP contribution in [0.2, 0.25) is 5.02 Å². The number of benzene rings is 2. The van der Waals surface area contributed by atoms with Gasteiger partial charge >= 0.3 is 0 Å². The van der Waals surface area contributed by atoms with Crippen LogP contribution in [-0.4, -0.2) is 6.61 Å². The van der Waals surface area contributed by atoms with Crippen molar-refractivity contribution in [2.45, 2.75) is 25.6 Å². The third-order valence-electron chi connectivity index (χ3n) is 3.17. The largest absolute Gasteiger partial charge is 0.494 e. The van der Waals surface area contributed by atoms with Gasteiger partial charge in [-0.25, -0.2) is 0 Å². The second-order valence-corrected chi connectivity index (χ2v) is 6.18. The van der Waals surface area contributed by atoms with E-state index in [2.05, 4.69) is 47.1 Å². The highest BCUT2D eigenvalue weighted by molar-refractivity contribution is 9.09. The predicted molar refractivity (Wildman–Crippen MR) is 89.3 cm³/mol. The number of hydrogen-bond acceptors (Lipinski definition) is 1. The minimum absolute atomic E-state index is 0.0250. The Bertz CT molecular complexity index is 610. The highest BCUT2D eigenvalue weighted by Gasteiger charge is 2.18. The number of hydrogen-bond donors (Lipinski definition) is 0.